The fraction of sp³-hybridized carbons (Fsp3) is 0.811. The number of nitrogens with zero attached hydrogens (tertiary/aromatic N) is 3. The number of amides is 2. The van der Waals surface area contributed by atoms with Crippen molar-refractivity contribution >= 4 is 35.5 Å². The molecule has 406 valence electrons. The van der Waals surface area contributed by atoms with Crippen LogP contribution >= 0.6 is 11.8 Å². The number of aliphatic hydroxyl groups excluding tert-OH is 1. The molecule has 4 N–H and O–H groups in total. The Kier molecular flexibility index (Phi) is 17.0. The lowest BCUT2D eigenvalue weighted by atomic mass is 9.77. The molecule has 0 bridgehead atoms. The van der Waals surface area contributed by atoms with Crippen molar-refractivity contribution in [2.45, 2.75) is 215 Å². The normalized spacial score (nSPS) is 44.9. The summed E-state index contributed by atoms with van der Waals surface area (Å²) in [7, 11) is 7.41. The molecule has 5 aliphatic heterocycles. The number of carbonyl (C=O) groups excluding carboxylic acids is 4. The van der Waals surface area contributed by atoms with E-state index in [-0.39, 0.29) is 49.1 Å². The van der Waals surface area contributed by atoms with Crippen molar-refractivity contribution in [2.75, 3.05) is 34.8 Å². The van der Waals surface area contributed by atoms with E-state index in [2.05, 4.69) is 10.2 Å². The maximum Gasteiger partial charge on any atom is 0.330 e. The zero-order valence-electron chi connectivity index (χ0n) is 45.1. The number of fused-ring (bicyclic) bond motifs is 2. The highest BCUT2D eigenvalue weighted by molar-refractivity contribution is 8.01. The minimum Gasteiger partial charge on any atom is -0.458 e. The number of hydrogen-bond acceptors (Lipinski definition) is 17. The highest BCUT2D eigenvalue weighted by atomic mass is 32.2. The first kappa shape index (κ1) is 56.8. The Labute approximate surface area is 430 Å². The molecule has 1 aromatic carbocycles. The highest BCUT2D eigenvalue weighted by Gasteiger charge is 2.70. The minimum absolute atomic E-state index is 0.0307. The predicted octanol–water partition coefficient (Wildman–Crippen LogP) is 3.49. The molecule has 4 unspecified atom stereocenters. The van der Waals surface area contributed by atoms with E-state index in [0.717, 1.165) is 12.0 Å². The number of rotatable bonds is 11. The van der Waals surface area contributed by atoms with Crippen LogP contribution in [-0.4, -0.2) is 195 Å². The van der Waals surface area contributed by atoms with Gasteiger partial charge in [-0.15, -0.1) is 11.8 Å². The van der Waals surface area contributed by atoms with Crippen molar-refractivity contribution in [3.8, 4) is 0 Å². The Bertz CT molecular complexity index is 2100. The first-order valence-electron chi connectivity index (χ1n) is 25.9. The molecule has 1 saturated carbocycles. The fourth-order valence-electron chi connectivity index (χ4n) is 12.5. The van der Waals surface area contributed by atoms with E-state index in [1.165, 1.54) is 23.8 Å². The van der Waals surface area contributed by atoms with Crippen molar-refractivity contribution < 1.29 is 67.7 Å². The number of nitrogens with one attached hydrogen (secondary N) is 1. The van der Waals surface area contributed by atoms with E-state index in [9.17, 15) is 34.5 Å². The minimum atomic E-state index is -1.69. The quantitative estimate of drug-likeness (QED) is 0.184. The number of ether oxygens (including phenoxy) is 7. The Morgan fingerprint density at radius 2 is 1.58 bits per heavy atom. The fourth-order valence-corrected chi connectivity index (χ4v) is 14.1. The molecule has 7 rings (SSSR count). The van der Waals surface area contributed by atoms with Crippen LogP contribution in [0.3, 0.4) is 0 Å². The van der Waals surface area contributed by atoms with Crippen molar-refractivity contribution in [3.63, 3.8) is 0 Å². The second-order valence-electron chi connectivity index (χ2n) is 23.4. The van der Waals surface area contributed by atoms with E-state index < -0.39 is 124 Å². The second-order valence-corrected chi connectivity index (χ2v) is 25.2. The van der Waals surface area contributed by atoms with Gasteiger partial charge in [-0.2, -0.15) is 0 Å². The molecular formula is C53H84N4O14S. The molecule has 2 amide bonds. The first-order valence-corrected chi connectivity index (χ1v) is 26.8. The van der Waals surface area contributed by atoms with Gasteiger partial charge >= 0.3 is 11.9 Å². The summed E-state index contributed by atoms with van der Waals surface area (Å²) < 4.78 is 44.8. The van der Waals surface area contributed by atoms with Crippen molar-refractivity contribution in [1.29, 1.82) is 0 Å². The highest BCUT2D eigenvalue weighted by Crippen LogP contribution is 2.53. The molecular weight excluding hydrogens is 949 g/mol. The van der Waals surface area contributed by atoms with Gasteiger partial charge in [-0.05, 0) is 101 Å². The second kappa shape index (κ2) is 21.6. The number of β-lactam (4-membered cyclic amide) rings is 1. The topological polar surface area (TPSA) is 215 Å². The predicted molar refractivity (Wildman–Crippen MR) is 268 cm³/mol. The molecule has 72 heavy (non-hydrogen) atoms. The summed E-state index contributed by atoms with van der Waals surface area (Å²) in [5.74, 6) is -4.41. The molecule has 0 spiro atoms. The van der Waals surface area contributed by atoms with Crippen LogP contribution in [0.4, 0.5) is 0 Å². The third kappa shape index (κ3) is 11.3. The van der Waals surface area contributed by atoms with Gasteiger partial charge in [0, 0.05) is 55.2 Å². The average Bonchev–Trinajstić information content (AvgIpc) is 3.71. The Morgan fingerprint density at radius 1 is 0.917 bits per heavy atom. The van der Waals surface area contributed by atoms with Crippen LogP contribution in [0.1, 0.15) is 107 Å². The van der Waals surface area contributed by atoms with Gasteiger partial charge in [-0.25, -0.2) is 4.79 Å². The number of carbonyl (C=O) groups is 4. The maximum atomic E-state index is 14.5. The maximum absolute atomic E-state index is 14.5. The van der Waals surface area contributed by atoms with Gasteiger partial charge in [0.05, 0.1) is 42.4 Å². The zero-order valence-corrected chi connectivity index (χ0v) is 45.9. The third-order valence-corrected chi connectivity index (χ3v) is 18.5. The summed E-state index contributed by atoms with van der Waals surface area (Å²) in [6.07, 6.45) is -6.18. The summed E-state index contributed by atoms with van der Waals surface area (Å²) in [5.41, 5.74) is -3.59. The van der Waals surface area contributed by atoms with Crippen LogP contribution in [0.25, 0.3) is 0 Å². The molecule has 19 heteroatoms. The Morgan fingerprint density at radius 3 is 2.22 bits per heavy atom. The summed E-state index contributed by atoms with van der Waals surface area (Å²) >= 11 is 1.43. The lowest BCUT2D eigenvalue weighted by molar-refractivity contribution is -0.310. The van der Waals surface area contributed by atoms with Crippen LogP contribution in [0, 0.1) is 23.7 Å². The van der Waals surface area contributed by atoms with Crippen molar-refractivity contribution in [1.82, 2.24) is 20.0 Å². The van der Waals surface area contributed by atoms with E-state index >= 15 is 0 Å². The molecule has 21 atom stereocenters. The lowest BCUT2D eigenvalue weighted by Gasteiger charge is -2.49. The summed E-state index contributed by atoms with van der Waals surface area (Å²) in [6, 6.07) is 7.13. The van der Waals surface area contributed by atoms with Crippen LogP contribution in [0.2, 0.25) is 0 Å². The number of hydrogen-bond donors (Lipinski definition) is 4. The molecule has 1 aromatic rings. The largest absolute Gasteiger partial charge is 0.458 e. The van der Waals surface area contributed by atoms with E-state index in [4.69, 9.17) is 33.2 Å². The first-order chi connectivity index (χ1) is 33.5. The van der Waals surface area contributed by atoms with Crippen LogP contribution in [-0.2, 0) is 58.8 Å². The SMILES string of the molecule is CO[C@]1(C)C[C@H](O[C@H]2[C@H](C)[C@@H](O[C@H]3C[C@@H](N(C)C)C[C@@H](C)O3)[C@](C)(O)C[C@@H](C)CN(C)[C@H](C)[C@@H](O)[C@@]3(O)C(C)[C@H]3OC(=O)[C@@H]2C)O[C@@H](C)[C@@H]1OC(=O)C1N2C(=O)C(NC(=O)Cc3ccccc3)C2SC1(C)C. The third-order valence-electron chi connectivity index (χ3n) is 16.9. The van der Waals surface area contributed by atoms with Crippen molar-refractivity contribution in [2.24, 2.45) is 23.7 Å². The van der Waals surface area contributed by atoms with Crippen molar-refractivity contribution in [3.05, 3.63) is 35.9 Å². The van der Waals surface area contributed by atoms with E-state index in [1.807, 2.05) is 97.9 Å². The molecule has 5 heterocycles. The lowest BCUT2D eigenvalue weighted by Crippen LogP contribution is -2.71. The van der Waals surface area contributed by atoms with Gasteiger partial charge in [0.2, 0.25) is 11.8 Å². The van der Waals surface area contributed by atoms with Gasteiger partial charge in [0.1, 0.15) is 40.9 Å². The molecule has 1 aliphatic carbocycles. The number of methoxy groups -OCH3 is 1. The summed E-state index contributed by atoms with van der Waals surface area (Å²) in [5, 5.41) is 38.6. The van der Waals surface area contributed by atoms with Crippen LogP contribution < -0.4 is 5.32 Å². The number of aliphatic hydroxyl groups is 3. The molecule has 18 nitrogen and oxygen atoms in total. The van der Waals surface area contributed by atoms with Gasteiger partial charge in [0.25, 0.3) is 0 Å². The number of thioether (sulfide) groups is 1. The van der Waals surface area contributed by atoms with Gasteiger partial charge < -0.3 is 68.5 Å². The number of likely N-dealkylation sites (N-methyl/N-ethyl adjacent to an activating group) is 1. The van der Waals surface area contributed by atoms with E-state index in [1.54, 1.807) is 34.6 Å². The number of esters is 2. The smallest absolute Gasteiger partial charge is 0.330 e. The van der Waals surface area contributed by atoms with Gasteiger partial charge in [-0.1, -0.05) is 51.1 Å². The van der Waals surface area contributed by atoms with Crippen LogP contribution in [0.5, 0.6) is 0 Å². The Hall–Kier alpha value is -2.95. The van der Waals surface area contributed by atoms with E-state index in [0.29, 0.717) is 13.0 Å². The molecule has 5 saturated heterocycles. The van der Waals surface area contributed by atoms with Gasteiger partial charge in [-0.3, -0.25) is 14.4 Å². The molecule has 0 radical (unpaired) electrons. The summed E-state index contributed by atoms with van der Waals surface area (Å²) in [6.45, 7) is 20.6. The number of benzene rings is 1. The average molecular weight is 1030 g/mol. The zero-order chi connectivity index (χ0) is 53.2. The molecule has 0 aromatic heterocycles. The molecule has 6 fully saturated rings. The summed E-state index contributed by atoms with van der Waals surface area (Å²) in [4.78, 5) is 61.3. The van der Waals surface area contributed by atoms with Gasteiger partial charge in [0.15, 0.2) is 18.7 Å². The Balaban J connectivity index is 1.13. The van der Waals surface area contributed by atoms with Crippen LogP contribution in [0.15, 0.2) is 30.3 Å². The molecule has 6 aliphatic rings. The monoisotopic (exact) mass is 1030 g/mol. The standard InChI is InChI=1S/C53H84N4O14S/c1-27-24-51(10,63)43(69-37-23-35(55(12)13)21-28(2)66-37)29(3)40(30(4)48(61)70-44-31(5)53(44,64)42(59)32(6)56(14)26-27)68-38-25-52(11,65-15)45(33(7)67-38)71-49(62)41-50(8,9)72-47-39(46(60)57(41)47)54-36(58)22-34-19-17-16-18-20-34/h16-20,27-33,35,37-45,47,59,63-64H,21-26H2,1-15H3,(H,54,58)/t27-,28-,29+,30-,31?,32-,33+,35+,37+,38+,39?,40+,41?,42-,43-,44-,45+,47?,51-,52-,53+/m1/s1.